The Morgan fingerprint density at radius 3 is 1.67 bits per heavy atom. The minimum Gasteiger partial charge on any atom is -0.467 e. The smallest absolute Gasteiger partial charge is 0.247 e. The second-order valence-electron chi connectivity index (χ2n) is 6.43. The Morgan fingerprint density at radius 1 is 0.958 bits per heavy atom. The van der Waals surface area contributed by atoms with E-state index in [1.165, 1.54) is 12.5 Å². The summed E-state index contributed by atoms with van der Waals surface area (Å²) in [5.74, 6) is 0.728. The summed E-state index contributed by atoms with van der Waals surface area (Å²) in [4.78, 5) is 22.5. The third kappa shape index (κ3) is 2.46. The number of nitro groups is 2. The molecule has 1 N–H and O–H groups in total. The third-order valence-electron chi connectivity index (χ3n) is 4.67. The van der Waals surface area contributed by atoms with Gasteiger partial charge in [-0.15, -0.1) is 0 Å². The van der Waals surface area contributed by atoms with Crippen LogP contribution in [-0.2, 0) is 0 Å². The quantitative estimate of drug-likeness (QED) is 0.672. The van der Waals surface area contributed by atoms with Crippen LogP contribution in [0.5, 0.6) is 0 Å². The first-order valence-electron chi connectivity index (χ1n) is 7.44. The van der Waals surface area contributed by atoms with E-state index in [1.807, 2.05) is 0 Å². The molecule has 24 heavy (non-hydrogen) atoms. The highest BCUT2D eigenvalue weighted by molar-refractivity contribution is 5.18. The van der Waals surface area contributed by atoms with Gasteiger partial charge in [0.05, 0.1) is 12.5 Å². The van der Waals surface area contributed by atoms with Gasteiger partial charge in [-0.05, 0) is 38.1 Å². The molecule has 1 aliphatic rings. The van der Waals surface area contributed by atoms with Crippen LogP contribution < -0.4 is 5.32 Å². The van der Waals surface area contributed by atoms with Crippen LogP contribution in [0.1, 0.15) is 37.5 Å². The predicted molar refractivity (Wildman–Crippen MR) is 81.4 cm³/mol. The normalized spacial score (nSPS) is 29.2. The molecule has 2 aromatic heterocycles. The first-order valence-corrected chi connectivity index (χ1v) is 7.44. The molecule has 0 amide bonds. The van der Waals surface area contributed by atoms with Crippen molar-refractivity contribution in [2.75, 3.05) is 0 Å². The van der Waals surface area contributed by atoms with Gasteiger partial charge in [0.15, 0.2) is 0 Å². The molecule has 0 aromatic carbocycles. The Morgan fingerprint density at radius 2 is 1.38 bits per heavy atom. The second-order valence-corrected chi connectivity index (χ2v) is 6.43. The Hall–Kier alpha value is -2.68. The van der Waals surface area contributed by atoms with Crippen molar-refractivity contribution in [1.29, 1.82) is 0 Å². The predicted octanol–water partition coefficient (Wildman–Crippen LogP) is 2.58. The van der Waals surface area contributed by atoms with E-state index in [-0.39, 0.29) is 0 Å². The van der Waals surface area contributed by atoms with Crippen molar-refractivity contribution in [3.63, 3.8) is 0 Å². The van der Waals surface area contributed by atoms with Gasteiger partial charge in [0.1, 0.15) is 29.0 Å². The van der Waals surface area contributed by atoms with E-state index in [2.05, 4.69) is 5.32 Å². The van der Waals surface area contributed by atoms with E-state index in [9.17, 15) is 20.2 Å². The molecule has 1 fully saturated rings. The third-order valence-corrected chi connectivity index (χ3v) is 4.67. The minimum atomic E-state index is -1.24. The number of nitrogens with one attached hydrogen (secondary N) is 1. The molecule has 2 aromatic rings. The monoisotopic (exact) mass is 335 g/mol. The minimum absolute atomic E-state index is 0.364. The van der Waals surface area contributed by atoms with Crippen LogP contribution in [0, 0.1) is 25.6 Å². The Balaban J connectivity index is 2.12. The molecule has 1 aliphatic heterocycles. The zero-order valence-electron chi connectivity index (χ0n) is 13.1. The van der Waals surface area contributed by atoms with E-state index in [0.717, 1.165) is 0 Å². The number of nitrogens with zero attached hydrogens (tertiary/aromatic N) is 2. The molecule has 0 bridgehead atoms. The lowest BCUT2D eigenvalue weighted by atomic mass is 9.68. The first kappa shape index (κ1) is 16.2. The molecule has 4 atom stereocenters. The standard InChI is InChI=1S/C15H17N3O6/c1-15(2)13(17(19)20)11(9-5-3-7-23-9)16-12(14(15)18(21)22)10-6-4-8-24-10/h3-8,11-14,16H,1-2H3/t11-,12-,13-,14+/m0/s1. The second kappa shape index (κ2) is 5.75. The highest BCUT2D eigenvalue weighted by Gasteiger charge is 2.64. The van der Waals surface area contributed by atoms with E-state index in [1.54, 1.807) is 38.1 Å². The molecular weight excluding hydrogens is 318 g/mol. The van der Waals surface area contributed by atoms with Gasteiger partial charge < -0.3 is 8.83 Å². The maximum atomic E-state index is 11.7. The molecule has 9 nitrogen and oxygen atoms in total. The fourth-order valence-electron chi connectivity index (χ4n) is 3.61. The maximum Gasteiger partial charge on any atom is 0.247 e. The number of furan rings is 2. The van der Waals surface area contributed by atoms with E-state index >= 15 is 0 Å². The molecule has 1 saturated heterocycles. The fraction of sp³-hybridized carbons (Fsp3) is 0.467. The number of piperidine rings is 1. The van der Waals surface area contributed by atoms with E-state index in [0.29, 0.717) is 11.5 Å². The van der Waals surface area contributed by atoms with Gasteiger partial charge in [0, 0.05) is 9.85 Å². The lowest BCUT2D eigenvalue weighted by Crippen LogP contribution is -2.63. The molecule has 0 unspecified atom stereocenters. The van der Waals surface area contributed by atoms with Crippen LogP contribution in [0.25, 0.3) is 0 Å². The topological polar surface area (TPSA) is 125 Å². The molecule has 0 spiro atoms. The number of hydrogen-bond acceptors (Lipinski definition) is 7. The van der Waals surface area contributed by atoms with Gasteiger partial charge in [-0.3, -0.25) is 25.5 Å². The summed E-state index contributed by atoms with van der Waals surface area (Å²) in [6, 6.07) is 2.42. The van der Waals surface area contributed by atoms with Crippen molar-refractivity contribution >= 4 is 0 Å². The van der Waals surface area contributed by atoms with Crippen LogP contribution >= 0.6 is 0 Å². The molecule has 128 valence electrons. The molecular formula is C15H17N3O6. The van der Waals surface area contributed by atoms with Crippen LogP contribution in [-0.4, -0.2) is 21.9 Å². The van der Waals surface area contributed by atoms with Gasteiger partial charge >= 0.3 is 0 Å². The molecule has 3 heterocycles. The molecule has 9 heteroatoms. The van der Waals surface area contributed by atoms with Gasteiger partial charge in [-0.25, -0.2) is 0 Å². The SMILES string of the molecule is CC1(C)[C@@H]([N+](=O)[O-])[C@H](c2ccco2)N[C@@H](c2ccco2)[C@H]1[N+](=O)[O-]. The number of rotatable bonds is 4. The van der Waals surface area contributed by atoms with Crippen molar-refractivity contribution in [3.05, 3.63) is 68.5 Å². The summed E-state index contributed by atoms with van der Waals surface area (Å²) in [5.41, 5.74) is -1.24. The zero-order valence-corrected chi connectivity index (χ0v) is 13.1. The van der Waals surface area contributed by atoms with E-state index < -0.39 is 39.4 Å². The average molecular weight is 335 g/mol. The average Bonchev–Trinajstić information content (AvgIpc) is 3.17. The highest BCUT2D eigenvalue weighted by Crippen LogP contribution is 2.46. The van der Waals surface area contributed by atoms with Crippen molar-refractivity contribution < 1.29 is 18.7 Å². The fourth-order valence-corrected chi connectivity index (χ4v) is 3.61. The summed E-state index contributed by atoms with van der Waals surface area (Å²) in [7, 11) is 0. The van der Waals surface area contributed by atoms with Crippen LogP contribution in [0.4, 0.5) is 0 Å². The lowest BCUT2D eigenvalue weighted by molar-refractivity contribution is -0.605. The first-order chi connectivity index (χ1) is 11.3. The van der Waals surface area contributed by atoms with Gasteiger partial charge in [-0.2, -0.15) is 0 Å². The van der Waals surface area contributed by atoms with E-state index in [4.69, 9.17) is 8.83 Å². The van der Waals surface area contributed by atoms with Crippen LogP contribution in [0.3, 0.4) is 0 Å². The van der Waals surface area contributed by atoms with Gasteiger partial charge in [-0.1, -0.05) is 0 Å². The lowest BCUT2D eigenvalue weighted by Gasteiger charge is -2.42. The Labute approximate surface area is 136 Å². The summed E-state index contributed by atoms with van der Waals surface area (Å²) in [5, 5.41) is 26.4. The van der Waals surface area contributed by atoms with Crippen molar-refractivity contribution in [1.82, 2.24) is 5.32 Å². The van der Waals surface area contributed by atoms with Crippen LogP contribution in [0.2, 0.25) is 0 Å². The summed E-state index contributed by atoms with van der Waals surface area (Å²) in [6.07, 6.45) is 2.84. The van der Waals surface area contributed by atoms with Crippen molar-refractivity contribution in [2.24, 2.45) is 5.41 Å². The maximum absolute atomic E-state index is 11.7. The summed E-state index contributed by atoms with van der Waals surface area (Å²) >= 11 is 0. The zero-order chi connectivity index (χ0) is 17.5. The Kier molecular flexibility index (Phi) is 3.88. The van der Waals surface area contributed by atoms with Crippen LogP contribution in [0.15, 0.2) is 45.6 Å². The van der Waals surface area contributed by atoms with Crippen molar-refractivity contribution in [3.8, 4) is 0 Å². The molecule has 0 radical (unpaired) electrons. The largest absolute Gasteiger partial charge is 0.467 e. The molecule has 0 saturated carbocycles. The molecule has 3 rings (SSSR count). The molecule has 0 aliphatic carbocycles. The number of hydrogen-bond donors (Lipinski definition) is 1. The Bertz CT molecular complexity index is 664. The highest BCUT2D eigenvalue weighted by atomic mass is 16.6. The van der Waals surface area contributed by atoms with Gasteiger partial charge in [0.25, 0.3) is 0 Å². The van der Waals surface area contributed by atoms with Crippen molar-refractivity contribution in [2.45, 2.75) is 38.0 Å². The summed E-state index contributed by atoms with van der Waals surface area (Å²) in [6.45, 7) is 3.08. The summed E-state index contributed by atoms with van der Waals surface area (Å²) < 4.78 is 10.7. The van der Waals surface area contributed by atoms with Gasteiger partial charge in [0.2, 0.25) is 12.1 Å².